The number of ether oxygens (including phenoxy) is 3. The van der Waals surface area contributed by atoms with Crippen molar-refractivity contribution in [1.82, 2.24) is 19.9 Å². The first-order valence-electron chi connectivity index (χ1n) is 13.7. The average Bonchev–Trinajstić information content (AvgIpc) is 3.41. The summed E-state index contributed by atoms with van der Waals surface area (Å²) in [7, 11) is 0. The van der Waals surface area contributed by atoms with E-state index in [1.54, 1.807) is 42.9 Å². The van der Waals surface area contributed by atoms with E-state index in [4.69, 9.17) is 19.9 Å². The minimum absolute atomic E-state index is 0.233. The normalized spacial score (nSPS) is 13.8. The lowest BCUT2D eigenvalue weighted by Crippen LogP contribution is -2.27. The van der Waals surface area contributed by atoms with Crippen molar-refractivity contribution in [1.29, 1.82) is 0 Å². The van der Waals surface area contributed by atoms with Crippen molar-refractivity contribution in [2.45, 2.75) is 32.3 Å². The summed E-state index contributed by atoms with van der Waals surface area (Å²) in [6.07, 6.45) is 6.87. The molecule has 214 valence electrons. The maximum atomic E-state index is 12.9. The minimum atomic E-state index is -0.581. The maximum absolute atomic E-state index is 12.9. The van der Waals surface area contributed by atoms with E-state index < -0.39 is 6.03 Å². The number of aromatic nitrogens is 3. The zero-order valence-electron chi connectivity index (χ0n) is 23.0. The van der Waals surface area contributed by atoms with Gasteiger partial charge >= 0.3 is 6.03 Å². The molecule has 4 N–H and O–H groups in total. The van der Waals surface area contributed by atoms with Gasteiger partial charge in [-0.1, -0.05) is 0 Å². The van der Waals surface area contributed by atoms with Gasteiger partial charge in [-0.05, 0) is 69.3 Å². The number of fused-ring (bicyclic) bond motifs is 1. The molecule has 1 aliphatic heterocycles. The fraction of sp³-hybridized carbons (Fsp3) is 0.333. The number of rotatable bonds is 11. The van der Waals surface area contributed by atoms with E-state index in [2.05, 4.69) is 20.6 Å². The number of nitrogens with zero attached hydrogens (tertiary/aromatic N) is 3. The monoisotopic (exact) mass is 558 g/mol. The van der Waals surface area contributed by atoms with Gasteiger partial charge in [0.15, 0.2) is 0 Å². The summed E-state index contributed by atoms with van der Waals surface area (Å²) in [5.74, 6) is 1.45. The fourth-order valence-corrected chi connectivity index (χ4v) is 4.81. The third-order valence-corrected chi connectivity index (χ3v) is 6.95. The van der Waals surface area contributed by atoms with Crippen molar-refractivity contribution < 1.29 is 23.8 Å². The Hall–Kier alpha value is -4.32. The molecule has 1 aliphatic rings. The van der Waals surface area contributed by atoms with Crippen LogP contribution in [0.3, 0.4) is 0 Å². The highest BCUT2D eigenvalue weighted by atomic mass is 16.5. The number of amides is 2. The second-order valence-electron chi connectivity index (χ2n) is 9.72. The molecule has 0 bridgehead atoms. The van der Waals surface area contributed by atoms with Gasteiger partial charge in [-0.25, -0.2) is 9.78 Å². The van der Waals surface area contributed by atoms with E-state index in [1.165, 1.54) is 4.57 Å². The smallest absolute Gasteiger partial charge is 0.323 e. The summed E-state index contributed by atoms with van der Waals surface area (Å²) in [6, 6.07) is 11.9. The van der Waals surface area contributed by atoms with Gasteiger partial charge in [-0.15, -0.1) is 0 Å². The van der Waals surface area contributed by atoms with E-state index in [0.29, 0.717) is 54.1 Å². The highest BCUT2D eigenvalue weighted by Gasteiger charge is 2.18. The number of nitrogens with one attached hydrogen (secondary N) is 2. The first-order chi connectivity index (χ1) is 20.0. The number of pyridine rings is 2. The van der Waals surface area contributed by atoms with E-state index in [-0.39, 0.29) is 12.5 Å². The molecule has 0 aliphatic carbocycles. The van der Waals surface area contributed by atoms with Gasteiger partial charge in [-0.2, -0.15) is 0 Å². The molecule has 4 aromatic rings. The van der Waals surface area contributed by atoms with Crippen LogP contribution in [0.1, 0.15) is 47.3 Å². The third-order valence-electron chi connectivity index (χ3n) is 6.95. The van der Waals surface area contributed by atoms with Gasteiger partial charge in [0.2, 0.25) is 0 Å². The number of carbonyl (C=O) groups is 2. The number of carbonyl (C=O) groups excluding carboxylic acids is 2. The maximum Gasteiger partial charge on any atom is 0.323 e. The van der Waals surface area contributed by atoms with Crippen LogP contribution >= 0.6 is 0 Å². The average molecular weight is 559 g/mol. The van der Waals surface area contributed by atoms with Crippen LogP contribution in [0.4, 0.5) is 10.6 Å². The van der Waals surface area contributed by atoms with Crippen molar-refractivity contribution in [2.75, 3.05) is 38.2 Å². The standard InChI is InChI=1S/C30H34N6O5/c1-2-39-13-14-40-19-23-15-26-21(8-12-36(26)30(31)38)16-27(23)41-24-7-11-33-28(17-24)35-29(37)22-3-4-25(34-18-22)20-5-9-32-10-6-20/h3-4,7-8,11-12,15-18,20,32H,2,5-6,9-10,13-14,19H2,1H3,(H2,31,38)(H,33,35,37). The lowest BCUT2D eigenvalue weighted by Gasteiger charge is -2.22. The summed E-state index contributed by atoms with van der Waals surface area (Å²) < 4.78 is 18.7. The molecule has 0 saturated carbocycles. The van der Waals surface area contributed by atoms with Gasteiger partial charge in [0, 0.05) is 53.8 Å². The van der Waals surface area contributed by atoms with Crippen molar-refractivity contribution in [3.8, 4) is 11.5 Å². The van der Waals surface area contributed by atoms with Crippen molar-refractivity contribution in [2.24, 2.45) is 5.73 Å². The van der Waals surface area contributed by atoms with Crippen LogP contribution in [-0.2, 0) is 16.1 Å². The van der Waals surface area contributed by atoms with Crippen LogP contribution in [0, 0.1) is 0 Å². The highest BCUT2D eigenvalue weighted by Crippen LogP contribution is 2.32. The quantitative estimate of drug-likeness (QED) is 0.230. The van der Waals surface area contributed by atoms with Gasteiger partial charge < -0.3 is 30.6 Å². The van der Waals surface area contributed by atoms with E-state index >= 15 is 0 Å². The van der Waals surface area contributed by atoms with E-state index in [0.717, 1.165) is 42.6 Å². The molecular formula is C30H34N6O5. The predicted molar refractivity (Wildman–Crippen MR) is 154 cm³/mol. The Bertz CT molecular complexity index is 1500. The molecule has 0 unspecified atom stereocenters. The molecule has 2 amide bonds. The number of benzene rings is 1. The topological polar surface area (TPSA) is 143 Å². The molecule has 0 spiro atoms. The Morgan fingerprint density at radius 2 is 1.90 bits per heavy atom. The zero-order chi connectivity index (χ0) is 28.6. The molecule has 5 rings (SSSR count). The summed E-state index contributed by atoms with van der Waals surface area (Å²) in [5, 5.41) is 6.96. The van der Waals surface area contributed by atoms with Gasteiger partial charge in [-0.3, -0.25) is 14.3 Å². The number of primary amides is 1. The number of nitrogens with two attached hydrogens (primary N) is 1. The Kier molecular flexibility index (Phi) is 9.19. The zero-order valence-corrected chi connectivity index (χ0v) is 23.0. The first kappa shape index (κ1) is 28.2. The SMILES string of the molecule is CCOCCOCc1cc2c(ccn2C(N)=O)cc1Oc1ccnc(NC(=O)c2ccc(C3CCNCC3)nc2)c1. The lowest BCUT2D eigenvalue weighted by atomic mass is 9.94. The molecule has 0 radical (unpaired) electrons. The van der Waals surface area contributed by atoms with Gasteiger partial charge in [0.1, 0.15) is 17.3 Å². The van der Waals surface area contributed by atoms with Crippen LogP contribution in [0.2, 0.25) is 0 Å². The molecule has 41 heavy (non-hydrogen) atoms. The molecule has 1 aromatic carbocycles. The van der Waals surface area contributed by atoms with E-state index in [1.807, 2.05) is 25.1 Å². The molecule has 1 fully saturated rings. The van der Waals surface area contributed by atoms with Crippen LogP contribution < -0.4 is 21.1 Å². The van der Waals surface area contributed by atoms with Crippen molar-refractivity contribution in [3.05, 3.63) is 77.9 Å². The highest BCUT2D eigenvalue weighted by molar-refractivity contribution is 6.03. The second kappa shape index (κ2) is 13.4. The summed E-state index contributed by atoms with van der Waals surface area (Å²) in [6.45, 7) is 5.60. The summed E-state index contributed by atoms with van der Waals surface area (Å²) >= 11 is 0. The molecule has 0 atom stereocenters. The van der Waals surface area contributed by atoms with Crippen molar-refractivity contribution in [3.63, 3.8) is 0 Å². The second-order valence-corrected chi connectivity index (χ2v) is 9.72. The number of piperidine rings is 1. The van der Waals surface area contributed by atoms with Crippen LogP contribution in [0.5, 0.6) is 11.5 Å². The molecule has 11 nitrogen and oxygen atoms in total. The largest absolute Gasteiger partial charge is 0.457 e. The van der Waals surface area contributed by atoms with Crippen molar-refractivity contribution >= 4 is 28.7 Å². The lowest BCUT2D eigenvalue weighted by molar-refractivity contribution is 0.0448. The molecular weight excluding hydrogens is 524 g/mol. The predicted octanol–water partition coefficient (Wildman–Crippen LogP) is 4.42. The fourth-order valence-electron chi connectivity index (χ4n) is 4.81. The van der Waals surface area contributed by atoms with Crippen LogP contribution in [0.25, 0.3) is 10.9 Å². The summed E-state index contributed by atoms with van der Waals surface area (Å²) in [5.41, 5.74) is 8.36. The minimum Gasteiger partial charge on any atom is -0.457 e. The number of anilines is 1. The Balaban J connectivity index is 1.30. The molecule has 3 aromatic heterocycles. The Morgan fingerprint density at radius 3 is 2.66 bits per heavy atom. The van der Waals surface area contributed by atoms with Crippen LogP contribution in [0.15, 0.2) is 61.1 Å². The molecule has 1 saturated heterocycles. The van der Waals surface area contributed by atoms with E-state index in [9.17, 15) is 9.59 Å². The number of hydrogen-bond donors (Lipinski definition) is 3. The first-order valence-corrected chi connectivity index (χ1v) is 13.7. The molecule has 11 heteroatoms. The van der Waals surface area contributed by atoms with Gasteiger partial charge in [0.25, 0.3) is 5.91 Å². The third kappa shape index (κ3) is 7.07. The Morgan fingerprint density at radius 1 is 1.07 bits per heavy atom. The van der Waals surface area contributed by atoms with Crippen LogP contribution in [-0.4, -0.2) is 59.4 Å². The molecule has 4 heterocycles. The Labute approximate surface area is 238 Å². The van der Waals surface area contributed by atoms with Gasteiger partial charge in [0.05, 0.1) is 30.9 Å². The summed E-state index contributed by atoms with van der Waals surface area (Å²) in [4.78, 5) is 33.6. The number of hydrogen-bond acceptors (Lipinski definition) is 8.